The fourth-order valence-electron chi connectivity index (χ4n) is 3.29. The van der Waals surface area contributed by atoms with Crippen LogP contribution in [0.5, 0.6) is 11.5 Å². The first-order valence-corrected chi connectivity index (χ1v) is 9.16. The van der Waals surface area contributed by atoms with E-state index in [0.717, 1.165) is 22.1 Å². The highest BCUT2D eigenvalue weighted by atomic mass is 79.9. The molecule has 0 saturated heterocycles. The molecule has 0 aromatic heterocycles. The molecule has 2 atom stereocenters. The first kappa shape index (κ1) is 16.3. The number of hydrogen-bond donors (Lipinski definition) is 1. The number of hydrogen-bond acceptors (Lipinski definition) is 4. The number of anilines is 1. The summed E-state index contributed by atoms with van der Waals surface area (Å²) in [4.78, 5) is 15.1. The molecule has 0 unspecified atom stereocenters. The standard InChI is InChI=1S/C19H19BrN2O3/c1-3-11(2)22-18(21-15-7-5-4-6-12(15)19(22)23)13-8-16-17(9-14(13)20)25-10-24-16/h4-9,11,18,21H,3,10H2,1-2H3/t11-,18+/m0/s1. The van der Waals surface area contributed by atoms with Gasteiger partial charge in [0.15, 0.2) is 11.5 Å². The van der Waals surface area contributed by atoms with Crippen molar-refractivity contribution in [2.75, 3.05) is 12.1 Å². The molecule has 6 heteroatoms. The fraction of sp³-hybridized carbons (Fsp3) is 0.316. The van der Waals surface area contributed by atoms with Gasteiger partial charge in [0.1, 0.15) is 6.17 Å². The van der Waals surface area contributed by atoms with Crippen molar-refractivity contribution in [2.45, 2.75) is 32.5 Å². The molecule has 2 aliphatic rings. The van der Waals surface area contributed by atoms with Gasteiger partial charge in [-0.25, -0.2) is 0 Å². The van der Waals surface area contributed by atoms with Crippen LogP contribution >= 0.6 is 15.9 Å². The van der Waals surface area contributed by atoms with Gasteiger partial charge in [-0.15, -0.1) is 0 Å². The smallest absolute Gasteiger partial charge is 0.258 e. The lowest BCUT2D eigenvalue weighted by molar-refractivity contribution is 0.0592. The van der Waals surface area contributed by atoms with Gasteiger partial charge >= 0.3 is 0 Å². The van der Waals surface area contributed by atoms with Crippen molar-refractivity contribution in [1.82, 2.24) is 4.90 Å². The van der Waals surface area contributed by atoms with Crippen molar-refractivity contribution in [2.24, 2.45) is 0 Å². The zero-order valence-corrected chi connectivity index (χ0v) is 15.7. The van der Waals surface area contributed by atoms with E-state index in [-0.39, 0.29) is 24.9 Å². The van der Waals surface area contributed by atoms with Crippen LogP contribution in [0.2, 0.25) is 0 Å². The molecular formula is C19H19BrN2O3. The molecule has 0 spiro atoms. The summed E-state index contributed by atoms with van der Waals surface area (Å²) in [5, 5.41) is 3.52. The van der Waals surface area contributed by atoms with Crippen LogP contribution in [0.15, 0.2) is 40.9 Å². The van der Waals surface area contributed by atoms with Crippen molar-refractivity contribution in [1.29, 1.82) is 0 Å². The molecule has 0 radical (unpaired) electrons. The minimum absolute atomic E-state index is 0.0401. The van der Waals surface area contributed by atoms with Crippen molar-refractivity contribution in [3.63, 3.8) is 0 Å². The van der Waals surface area contributed by atoms with Crippen LogP contribution in [0.1, 0.15) is 42.4 Å². The Bertz CT molecular complexity index is 839. The van der Waals surface area contributed by atoms with E-state index in [4.69, 9.17) is 9.47 Å². The summed E-state index contributed by atoms with van der Waals surface area (Å²) in [6.07, 6.45) is 0.593. The van der Waals surface area contributed by atoms with Crippen LogP contribution in [-0.4, -0.2) is 23.6 Å². The summed E-state index contributed by atoms with van der Waals surface area (Å²) in [6, 6.07) is 11.6. The number of rotatable bonds is 3. The molecule has 25 heavy (non-hydrogen) atoms. The zero-order chi connectivity index (χ0) is 17.6. The van der Waals surface area contributed by atoms with Crippen molar-refractivity contribution in [3.05, 3.63) is 52.0 Å². The Hall–Kier alpha value is -2.21. The van der Waals surface area contributed by atoms with Gasteiger partial charge in [0, 0.05) is 21.8 Å². The maximum atomic E-state index is 13.2. The summed E-state index contributed by atoms with van der Waals surface area (Å²) >= 11 is 3.63. The second kappa shape index (κ2) is 6.26. The largest absolute Gasteiger partial charge is 0.454 e. The van der Waals surface area contributed by atoms with Gasteiger partial charge in [-0.05, 0) is 37.6 Å². The van der Waals surface area contributed by atoms with Gasteiger partial charge in [-0.3, -0.25) is 4.79 Å². The molecule has 0 aliphatic carbocycles. The number of carbonyl (C=O) groups excluding carboxylic acids is 1. The molecule has 2 heterocycles. The summed E-state index contributed by atoms with van der Waals surface area (Å²) in [7, 11) is 0. The maximum absolute atomic E-state index is 13.2. The van der Waals surface area contributed by atoms with E-state index in [0.29, 0.717) is 17.1 Å². The Morgan fingerprint density at radius 2 is 2.00 bits per heavy atom. The monoisotopic (exact) mass is 402 g/mol. The maximum Gasteiger partial charge on any atom is 0.258 e. The van der Waals surface area contributed by atoms with Crippen molar-refractivity contribution >= 4 is 27.5 Å². The minimum atomic E-state index is -0.277. The average Bonchev–Trinajstić information content (AvgIpc) is 3.07. The van der Waals surface area contributed by atoms with Crippen LogP contribution < -0.4 is 14.8 Å². The van der Waals surface area contributed by atoms with E-state index in [2.05, 4.69) is 35.1 Å². The molecule has 0 saturated carbocycles. The lowest BCUT2D eigenvalue weighted by atomic mass is 10.0. The van der Waals surface area contributed by atoms with Crippen LogP contribution in [-0.2, 0) is 0 Å². The molecular weight excluding hydrogens is 384 g/mol. The molecule has 2 aromatic rings. The predicted molar refractivity (Wildman–Crippen MR) is 99.0 cm³/mol. The third-order valence-corrected chi connectivity index (χ3v) is 5.50. The Labute approximate surface area is 155 Å². The number of nitrogens with one attached hydrogen (secondary N) is 1. The summed E-state index contributed by atoms with van der Waals surface area (Å²) in [5.74, 6) is 1.46. The molecule has 0 bridgehead atoms. The van der Waals surface area contributed by atoms with E-state index in [1.165, 1.54) is 0 Å². The average molecular weight is 403 g/mol. The number of fused-ring (bicyclic) bond motifs is 2. The molecule has 0 fully saturated rings. The summed E-state index contributed by atoms with van der Waals surface area (Å²) < 4.78 is 11.9. The quantitative estimate of drug-likeness (QED) is 0.818. The summed E-state index contributed by atoms with van der Waals surface area (Å²) in [6.45, 7) is 4.38. The molecule has 1 amide bonds. The Balaban J connectivity index is 1.83. The minimum Gasteiger partial charge on any atom is -0.454 e. The van der Waals surface area contributed by atoms with Gasteiger partial charge < -0.3 is 19.7 Å². The topological polar surface area (TPSA) is 50.8 Å². The van der Waals surface area contributed by atoms with Crippen LogP contribution in [0.4, 0.5) is 5.69 Å². The number of nitrogens with zero attached hydrogens (tertiary/aromatic N) is 1. The van der Waals surface area contributed by atoms with Crippen LogP contribution in [0.3, 0.4) is 0 Å². The van der Waals surface area contributed by atoms with E-state index in [1.807, 2.05) is 41.3 Å². The Kier molecular flexibility index (Phi) is 4.07. The first-order chi connectivity index (χ1) is 12.1. The van der Waals surface area contributed by atoms with E-state index in [9.17, 15) is 4.79 Å². The number of amides is 1. The lowest BCUT2D eigenvalue weighted by Gasteiger charge is -2.41. The van der Waals surface area contributed by atoms with E-state index < -0.39 is 0 Å². The third-order valence-electron chi connectivity index (χ3n) is 4.81. The molecule has 2 aliphatic heterocycles. The van der Waals surface area contributed by atoms with Gasteiger partial charge in [0.25, 0.3) is 5.91 Å². The van der Waals surface area contributed by atoms with Crippen molar-refractivity contribution in [3.8, 4) is 11.5 Å². The van der Waals surface area contributed by atoms with Crippen molar-refractivity contribution < 1.29 is 14.3 Å². The molecule has 1 N–H and O–H groups in total. The SMILES string of the molecule is CC[C@H](C)N1C(=O)c2ccccc2N[C@H]1c1cc2c(cc1Br)OCO2. The molecule has 5 nitrogen and oxygen atoms in total. The Morgan fingerprint density at radius 3 is 2.76 bits per heavy atom. The third kappa shape index (κ3) is 2.65. The zero-order valence-electron chi connectivity index (χ0n) is 14.1. The fourth-order valence-corrected chi connectivity index (χ4v) is 3.83. The first-order valence-electron chi connectivity index (χ1n) is 8.37. The number of ether oxygens (including phenoxy) is 2. The van der Waals surface area contributed by atoms with Gasteiger partial charge in [-0.1, -0.05) is 35.0 Å². The van der Waals surface area contributed by atoms with Gasteiger partial charge in [-0.2, -0.15) is 0 Å². The highest BCUT2D eigenvalue weighted by Gasteiger charge is 2.37. The number of carbonyl (C=O) groups is 1. The second-order valence-electron chi connectivity index (χ2n) is 6.29. The van der Waals surface area contributed by atoms with Gasteiger partial charge in [0.2, 0.25) is 6.79 Å². The van der Waals surface area contributed by atoms with E-state index >= 15 is 0 Å². The number of para-hydroxylation sites is 1. The van der Waals surface area contributed by atoms with Gasteiger partial charge in [0.05, 0.1) is 5.56 Å². The lowest BCUT2D eigenvalue weighted by Crippen LogP contribution is -2.47. The Morgan fingerprint density at radius 1 is 1.28 bits per heavy atom. The van der Waals surface area contributed by atoms with E-state index in [1.54, 1.807) is 0 Å². The highest BCUT2D eigenvalue weighted by molar-refractivity contribution is 9.10. The molecule has 2 aromatic carbocycles. The second-order valence-corrected chi connectivity index (χ2v) is 7.14. The summed E-state index contributed by atoms with van der Waals surface area (Å²) in [5.41, 5.74) is 2.50. The predicted octanol–water partition coefficient (Wildman–Crippen LogP) is 4.54. The highest BCUT2D eigenvalue weighted by Crippen LogP contribution is 2.43. The normalized spacial score (nSPS) is 19.4. The van der Waals surface area contributed by atoms with Crippen LogP contribution in [0, 0.1) is 0 Å². The number of benzene rings is 2. The molecule has 130 valence electrons. The molecule has 4 rings (SSSR count). The number of halogens is 1. The van der Waals surface area contributed by atoms with Crippen LogP contribution in [0.25, 0.3) is 0 Å².